The lowest BCUT2D eigenvalue weighted by atomic mass is 10.3. The second-order valence-corrected chi connectivity index (χ2v) is 3.74. The van der Waals surface area contributed by atoms with Crippen LogP contribution in [-0.2, 0) is 0 Å². The van der Waals surface area contributed by atoms with Crippen LogP contribution in [0.15, 0.2) is 18.2 Å². The number of methoxy groups -OCH3 is 1. The molecule has 0 saturated heterocycles. The Bertz CT molecular complexity index is 393. The number of hydrogen-bond donors (Lipinski definition) is 0. The molecule has 0 fully saturated rings. The van der Waals surface area contributed by atoms with Gasteiger partial charge in [-0.1, -0.05) is 0 Å². The molecule has 0 bridgehead atoms. The first kappa shape index (κ1) is 13.2. The molecule has 1 aromatic carbocycles. The van der Waals surface area contributed by atoms with Crippen LogP contribution in [0.4, 0.5) is 5.69 Å². The van der Waals surface area contributed by atoms with Crippen LogP contribution in [0.5, 0.6) is 11.5 Å². The molecule has 0 unspecified atom stereocenters. The normalized spacial score (nSPS) is 10.4. The molecule has 0 atom stereocenters. The molecule has 0 aliphatic rings. The van der Waals surface area contributed by atoms with E-state index < -0.39 is 4.92 Å². The van der Waals surface area contributed by atoms with E-state index in [9.17, 15) is 10.1 Å². The van der Waals surface area contributed by atoms with Crippen molar-refractivity contribution in [1.82, 2.24) is 4.90 Å². The van der Waals surface area contributed by atoms with E-state index in [1.165, 1.54) is 25.3 Å². The Labute approximate surface area is 99.9 Å². The fourth-order valence-corrected chi connectivity index (χ4v) is 1.23. The van der Waals surface area contributed by atoms with E-state index in [0.29, 0.717) is 18.1 Å². The zero-order chi connectivity index (χ0) is 12.8. The Morgan fingerprint density at radius 1 is 1.35 bits per heavy atom. The number of nitro groups is 1. The van der Waals surface area contributed by atoms with E-state index in [2.05, 4.69) is 0 Å². The number of benzene rings is 1. The predicted octanol–water partition coefficient (Wildman–Crippen LogP) is 1.54. The van der Waals surface area contributed by atoms with Crippen molar-refractivity contribution in [3.8, 4) is 11.5 Å². The van der Waals surface area contributed by atoms with Gasteiger partial charge >= 0.3 is 0 Å². The van der Waals surface area contributed by atoms with Crippen LogP contribution in [-0.4, -0.2) is 44.2 Å². The van der Waals surface area contributed by atoms with Gasteiger partial charge in [-0.25, -0.2) is 0 Å². The van der Waals surface area contributed by atoms with Gasteiger partial charge < -0.3 is 14.4 Å². The van der Waals surface area contributed by atoms with E-state index in [0.717, 1.165) is 6.54 Å². The van der Waals surface area contributed by atoms with Gasteiger partial charge in [-0.15, -0.1) is 0 Å². The molecule has 0 saturated carbocycles. The molecule has 6 heteroatoms. The van der Waals surface area contributed by atoms with E-state index in [1.807, 2.05) is 19.0 Å². The highest BCUT2D eigenvalue weighted by Gasteiger charge is 2.12. The van der Waals surface area contributed by atoms with Gasteiger partial charge in [0, 0.05) is 12.6 Å². The van der Waals surface area contributed by atoms with Crippen molar-refractivity contribution in [3.05, 3.63) is 28.3 Å². The summed E-state index contributed by atoms with van der Waals surface area (Å²) < 4.78 is 10.5. The number of nitro benzene ring substituents is 1. The minimum Gasteiger partial charge on any atom is -0.493 e. The van der Waals surface area contributed by atoms with Gasteiger partial charge in [0.1, 0.15) is 6.61 Å². The molecule has 0 radical (unpaired) electrons. The van der Waals surface area contributed by atoms with Crippen molar-refractivity contribution in [2.45, 2.75) is 0 Å². The summed E-state index contributed by atoms with van der Waals surface area (Å²) >= 11 is 0. The van der Waals surface area contributed by atoms with Crippen LogP contribution >= 0.6 is 0 Å². The minimum absolute atomic E-state index is 0.00865. The Morgan fingerprint density at radius 2 is 2.06 bits per heavy atom. The molecule has 1 aromatic rings. The lowest BCUT2D eigenvalue weighted by Crippen LogP contribution is -2.19. The minimum atomic E-state index is -0.460. The van der Waals surface area contributed by atoms with Gasteiger partial charge in [0.2, 0.25) is 0 Å². The molecule has 0 heterocycles. The first-order chi connectivity index (χ1) is 8.04. The number of hydrogen-bond acceptors (Lipinski definition) is 5. The van der Waals surface area contributed by atoms with Crippen LogP contribution < -0.4 is 9.47 Å². The van der Waals surface area contributed by atoms with Gasteiger partial charge in [-0.3, -0.25) is 10.1 Å². The molecule has 0 amide bonds. The number of nitrogens with zero attached hydrogens (tertiary/aromatic N) is 2. The zero-order valence-corrected chi connectivity index (χ0v) is 10.2. The van der Waals surface area contributed by atoms with Gasteiger partial charge in [0.25, 0.3) is 5.69 Å². The second-order valence-electron chi connectivity index (χ2n) is 3.74. The van der Waals surface area contributed by atoms with Crippen LogP contribution in [0.3, 0.4) is 0 Å². The van der Waals surface area contributed by atoms with E-state index in [-0.39, 0.29) is 5.69 Å². The van der Waals surface area contributed by atoms with Gasteiger partial charge in [0.05, 0.1) is 18.1 Å². The molecule has 0 aliphatic carbocycles. The van der Waals surface area contributed by atoms with Crippen molar-refractivity contribution in [3.63, 3.8) is 0 Å². The first-order valence-electron chi connectivity index (χ1n) is 5.14. The van der Waals surface area contributed by atoms with Crippen molar-refractivity contribution < 1.29 is 14.4 Å². The standard InChI is InChI=1S/C11H16N2O4/c1-12(2)6-7-17-11-8-9(13(14)15)4-5-10(11)16-3/h4-5,8H,6-7H2,1-3H3. The molecule has 94 valence electrons. The van der Waals surface area contributed by atoms with Crippen molar-refractivity contribution in [2.75, 3.05) is 34.4 Å². The summed E-state index contributed by atoms with van der Waals surface area (Å²) in [7, 11) is 5.35. The Kier molecular flexibility index (Phi) is 4.71. The Hall–Kier alpha value is -1.82. The molecular weight excluding hydrogens is 224 g/mol. The molecule has 0 N–H and O–H groups in total. The van der Waals surface area contributed by atoms with Gasteiger partial charge in [-0.2, -0.15) is 0 Å². The van der Waals surface area contributed by atoms with Gasteiger partial charge in [0.15, 0.2) is 11.5 Å². The summed E-state index contributed by atoms with van der Waals surface area (Å²) in [5, 5.41) is 10.6. The molecular formula is C11H16N2O4. The molecule has 0 aromatic heterocycles. The highest BCUT2D eigenvalue weighted by molar-refractivity contribution is 5.48. The molecule has 0 spiro atoms. The summed E-state index contributed by atoms with van der Waals surface area (Å²) in [6.07, 6.45) is 0. The van der Waals surface area contributed by atoms with E-state index >= 15 is 0 Å². The van der Waals surface area contributed by atoms with Crippen molar-refractivity contribution in [2.24, 2.45) is 0 Å². The smallest absolute Gasteiger partial charge is 0.273 e. The Morgan fingerprint density at radius 3 is 2.59 bits per heavy atom. The SMILES string of the molecule is COc1ccc([N+](=O)[O-])cc1OCCN(C)C. The third kappa shape index (κ3) is 3.92. The van der Waals surface area contributed by atoms with Crippen LogP contribution in [0.2, 0.25) is 0 Å². The number of ether oxygens (including phenoxy) is 2. The first-order valence-corrected chi connectivity index (χ1v) is 5.14. The second kappa shape index (κ2) is 6.05. The third-order valence-electron chi connectivity index (χ3n) is 2.15. The number of non-ortho nitro benzene ring substituents is 1. The maximum absolute atomic E-state index is 10.6. The van der Waals surface area contributed by atoms with Crippen molar-refractivity contribution in [1.29, 1.82) is 0 Å². The maximum atomic E-state index is 10.6. The molecule has 17 heavy (non-hydrogen) atoms. The summed E-state index contributed by atoms with van der Waals surface area (Å²) in [6.45, 7) is 1.18. The maximum Gasteiger partial charge on any atom is 0.273 e. The summed E-state index contributed by atoms with van der Waals surface area (Å²) in [6, 6.07) is 4.29. The van der Waals surface area contributed by atoms with Crippen LogP contribution in [0.1, 0.15) is 0 Å². The van der Waals surface area contributed by atoms with Crippen molar-refractivity contribution >= 4 is 5.69 Å². The van der Waals surface area contributed by atoms with Crippen LogP contribution in [0.25, 0.3) is 0 Å². The monoisotopic (exact) mass is 240 g/mol. The fourth-order valence-electron chi connectivity index (χ4n) is 1.23. The quantitative estimate of drug-likeness (QED) is 0.557. The summed E-state index contributed by atoms with van der Waals surface area (Å²) in [5.74, 6) is 0.887. The summed E-state index contributed by atoms with van der Waals surface area (Å²) in [4.78, 5) is 12.1. The summed E-state index contributed by atoms with van der Waals surface area (Å²) in [5.41, 5.74) is -0.00865. The van der Waals surface area contributed by atoms with E-state index in [4.69, 9.17) is 9.47 Å². The average molecular weight is 240 g/mol. The zero-order valence-electron chi connectivity index (χ0n) is 10.2. The lowest BCUT2D eigenvalue weighted by Gasteiger charge is -2.13. The van der Waals surface area contributed by atoms with Crippen LogP contribution in [0, 0.1) is 10.1 Å². The topological polar surface area (TPSA) is 64.8 Å². The highest BCUT2D eigenvalue weighted by atomic mass is 16.6. The van der Waals surface area contributed by atoms with E-state index in [1.54, 1.807) is 0 Å². The molecule has 6 nitrogen and oxygen atoms in total. The molecule has 1 rings (SSSR count). The molecule has 0 aliphatic heterocycles. The largest absolute Gasteiger partial charge is 0.493 e. The fraction of sp³-hybridized carbons (Fsp3) is 0.455. The number of likely N-dealkylation sites (N-methyl/N-ethyl adjacent to an activating group) is 1. The average Bonchev–Trinajstić information content (AvgIpc) is 2.28. The third-order valence-corrected chi connectivity index (χ3v) is 2.15. The lowest BCUT2D eigenvalue weighted by molar-refractivity contribution is -0.385. The Balaban J connectivity index is 2.79. The highest BCUT2D eigenvalue weighted by Crippen LogP contribution is 2.30. The predicted molar refractivity (Wildman–Crippen MR) is 63.7 cm³/mol. The number of rotatable bonds is 6. The van der Waals surface area contributed by atoms with Gasteiger partial charge in [-0.05, 0) is 20.2 Å².